The van der Waals surface area contributed by atoms with Crippen molar-refractivity contribution in [1.82, 2.24) is 4.90 Å². The molecule has 3 aromatic rings. The molecule has 0 saturated heterocycles. The molecule has 0 aliphatic carbocycles. The largest absolute Gasteiger partial charge is 0.372 e. The van der Waals surface area contributed by atoms with Crippen molar-refractivity contribution >= 4 is 11.8 Å². The second-order valence-electron chi connectivity index (χ2n) is 6.81. The molecule has 4 nitrogen and oxygen atoms in total. The third kappa shape index (κ3) is 3.47. The number of rotatable bonds is 6. The van der Waals surface area contributed by atoms with Gasteiger partial charge in [-0.15, -0.1) is 0 Å². The fraction of sp³-hybridized carbons (Fsp3) is 0.167. The van der Waals surface area contributed by atoms with Crippen LogP contribution in [0.5, 0.6) is 0 Å². The molecule has 0 radical (unpaired) electrons. The van der Waals surface area contributed by atoms with E-state index >= 15 is 0 Å². The number of carbonyl (C=O) groups excluding carboxylic acids is 2. The maximum absolute atomic E-state index is 12.4. The Balaban J connectivity index is 1.35. The van der Waals surface area contributed by atoms with Gasteiger partial charge >= 0.3 is 0 Å². The first-order chi connectivity index (χ1) is 13.6. The summed E-state index contributed by atoms with van der Waals surface area (Å²) in [5.41, 5.74) is 4.33. The van der Waals surface area contributed by atoms with E-state index in [-0.39, 0.29) is 24.5 Å². The molecule has 3 aromatic carbocycles. The lowest BCUT2D eigenvalue weighted by Gasteiger charge is -2.18. The summed E-state index contributed by atoms with van der Waals surface area (Å²) in [6, 6.07) is 25.4. The molecule has 0 N–H and O–H groups in total. The average Bonchev–Trinajstić information content (AvgIpc) is 2.99. The van der Waals surface area contributed by atoms with Crippen LogP contribution in [0.2, 0.25) is 0 Å². The zero-order valence-electron chi connectivity index (χ0n) is 15.7. The lowest BCUT2D eigenvalue weighted by atomic mass is 10.0. The van der Waals surface area contributed by atoms with Crippen LogP contribution in [0.3, 0.4) is 0 Å². The first-order valence-electron chi connectivity index (χ1n) is 9.37. The second-order valence-corrected chi connectivity index (χ2v) is 6.81. The zero-order chi connectivity index (χ0) is 19.5. The Hall–Kier alpha value is -3.24. The zero-order valence-corrected chi connectivity index (χ0v) is 15.7. The van der Waals surface area contributed by atoms with E-state index in [1.807, 2.05) is 25.1 Å². The highest BCUT2D eigenvalue weighted by molar-refractivity contribution is 6.21. The van der Waals surface area contributed by atoms with Crippen molar-refractivity contribution in [2.75, 3.05) is 13.2 Å². The van der Waals surface area contributed by atoms with E-state index in [0.29, 0.717) is 17.7 Å². The second kappa shape index (κ2) is 7.79. The Morgan fingerprint density at radius 2 is 1.29 bits per heavy atom. The standard InChI is InChI=1S/C24H21NO3/c1-17(18-11-13-20(14-12-18)19-7-3-2-4-8-19)28-16-15-25-23(26)21-9-5-6-10-22(21)24(25)27/h2-14,17H,15-16H2,1H3. The molecule has 0 aromatic heterocycles. The summed E-state index contributed by atoms with van der Waals surface area (Å²) < 4.78 is 5.88. The molecule has 4 rings (SSSR count). The summed E-state index contributed by atoms with van der Waals surface area (Å²) in [7, 11) is 0. The Bertz CT molecular complexity index is 961. The van der Waals surface area contributed by atoms with Crippen molar-refractivity contribution in [3.63, 3.8) is 0 Å². The van der Waals surface area contributed by atoms with Gasteiger partial charge in [-0.3, -0.25) is 14.5 Å². The quantitative estimate of drug-likeness (QED) is 0.589. The number of benzene rings is 3. The smallest absolute Gasteiger partial charge is 0.261 e. The molecule has 1 aliphatic heterocycles. The molecule has 1 atom stereocenters. The van der Waals surface area contributed by atoms with E-state index in [1.54, 1.807) is 24.3 Å². The highest BCUT2D eigenvalue weighted by atomic mass is 16.5. The molecular formula is C24H21NO3. The van der Waals surface area contributed by atoms with Crippen LogP contribution >= 0.6 is 0 Å². The third-order valence-corrected chi connectivity index (χ3v) is 5.05. The fourth-order valence-corrected chi connectivity index (χ4v) is 3.44. The van der Waals surface area contributed by atoms with Crippen molar-refractivity contribution < 1.29 is 14.3 Å². The number of nitrogens with zero attached hydrogens (tertiary/aromatic N) is 1. The Morgan fingerprint density at radius 3 is 1.89 bits per heavy atom. The minimum Gasteiger partial charge on any atom is -0.372 e. The van der Waals surface area contributed by atoms with Crippen molar-refractivity contribution in [3.8, 4) is 11.1 Å². The molecule has 0 fully saturated rings. The summed E-state index contributed by atoms with van der Waals surface area (Å²) in [5, 5.41) is 0. The summed E-state index contributed by atoms with van der Waals surface area (Å²) in [6.07, 6.45) is -0.125. The number of hydrogen-bond donors (Lipinski definition) is 0. The van der Waals surface area contributed by atoms with Crippen molar-refractivity contribution in [1.29, 1.82) is 0 Å². The van der Waals surface area contributed by atoms with Gasteiger partial charge in [0, 0.05) is 0 Å². The van der Waals surface area contributed by atoms with E-state index in [2.05, 4.69) is 36.4 Å². The van der Waals surface area contributed by atoms with Crippen molar-refractivity contribution in [2.24, 2.45) is 0 Å². The molecule has 0 bridgehead atoms. The average molecular weight is 371 g/mol. The molecule has 140 valence electrons. The SMILES string of the molecule is CC(OCCN1C(=O)c2ccccc2C1=O)c1ccc(-c2ccccc2)cc1. The van der Waals surface area contributed by atoms with Gasteiger partial charge < -0.3 is 4.74 Å². The van der Waals surface area contributed by atoms with Crippen LogP contribution in [0.4, 0.5) is 0 Å². The minimum absolute atomic E-state index is 0.125. The molecule has 1 heterocycles. The number of carbonyl (C=O) groups is 2. The van der Waals surface area contributed by atoms with Gasteiger partial charge in [-0.25, -0.2) is 0 Å². The van der Waals surface area contributed by atoms with Crippen molar-refractivity contribution in [2.45, 2.75) is 13.0 Å². The van der Waals surface area contributed by atoms with Crippen LogP contribution in [0, 0.1) is 0 Å². The van der Waals surface area contributed by atoms with Gasteiger partial charge in [-0.2, -0.15) is 0 Å². The monoisotopic (exact) mass is 371 g/mol. The van der Waals surface area contributed by atoms with E-state index < -0.39 is 0 Å². The van der Waals surface area contributed by atoms with Crippen molar-refractivity contribution in [3.05, 3.63) is 95.6 Å². The first kappa shape index (κ1) is 18.1. The number of fused-ring (bicyclic) bond motifs is 1. The lowest BCUT2D eigenvalue weighted by Crippen LogP contribution is -2.33. The normalized spacial score (nSPS) is 14.2. The minimum atomic E-state index is -0.246. The van der Waals surface area contributed by atoms with Crippen LogP contribution in [0.1, 0.15) is 39.3 Å². The molecule has 2 amide bonds. The molecular weight excluding hydrogens is 350 g/mol. The fourth-order valence-electron chi connectivity index (χ4n) is 3.44. The summed E-state index contributed by atoms with van der Waals surface area (Å²) in [5.74, 6) is -0.492. The summed E-state index contributed by atoms with van der Waals surface area (Å²) >= 11 is 0. The summed E-state index contributed by atoms with van der Waals surface area (Å²) in [4.78, 5) is 26.0. The highest BCUT2D eigenvalue weighted by Gasteiger charge is 2.34. The highest BCUT2D eigenvalue weighted by Crippen LogP contribution is 2.24. The molecule has 4 heteroatoms. The van der Waals surface area contributed by atoms with Crippen LogP contribution in [0.25, 0.3) is 11.1 Å². The van der Waals surface area contributed by atoms with Gasteiger partial charge in [0.05, 0.1) is 30.4 Å². The topological polar surface area (TPSA) is 46.6 Å². The Morgan fingerprint density at radius 1 is 0.750 bits per heavy atom. The van der Waals surface area contributed by atoms with Gasteiger partial charge in [0.15, 0.2) is 0 Å². The number of hydrogen-bond acceptors (Lipinski definition) is 3. The van der Waals surface area contributed by atoms with E-state index in [4.69, 9.17) is 4.74 Å². The van der Waals surface area contributed by atoms with E-state index in [0.717, 1.165) is 11.1 Å². The van der Waals surface area contributed by atoms with Gasteiger partial charge in [-0.05, 0) is 35.7 Å². The number of imide groups is 1. The van der Waals surface area contributed by atoms with Crippen LogP contribution in [0.15, 0.2) is 78.9 Å². The molecule has 1 aliphatic rings. The maximum Gasteiger partial charge on any atom is 0.261 e. The van der Waals surface area contributed by atoms with E-state index in [1.165, 1.54) is 10.5 Å². The maximum atomic E-state index is 12.4. The predicted octanol–water partition coefficient (Wildman–Crippen LogP) is 4.73. The van der Waals surface area contributed by atoms with Crippen LogP contribution < -0.4 is 0 Å². The van der Waals surface area contributed by atoms with Gasteiger partial charge in [0.25, 0.3) is 11.8 Å². The van der Waals surface area contributed by atoms with E-state index in [9.17, 15) is 9.59 Å². The predicted molar refractivity (Wildman–Crippen MR) is 108 cm³/mol. The molecule has 1 unspecified atom stereocenters. The van der Waals surface area contributed by atoms with Gasteiger partial charge in [0.1, 0.15) is 0 Å². The summed E-state index contributed by atoms with van der Waals surface area (Å²) in [6.45, 7) is 2.52. The molecule has 0 spiro atoms. The van der Waals surface area contributed by atoms with Gasteiger partial charge in [-0.1, -0.05) is 66.7 Å². The lowest BCUT2D eigenvalue weighted by molar-refractivity contribution is 0.0393. The Labute approximate surface area is 164 Å². The number of amides is 2. The van der Waals surface area contributed by atoms with Gasteiger partial charge in [0.2, 0.25) is 0 Å². The third-order valence-electron chi connectivity index (χ3n) is 5.05. The molecule has 0 saturated carbocycles. The first-order valence-corrected chi connectivity index (χ1v) is 9.37. The Kier molecular flexibility index (Phi) is 5.04. The number of ether oxygens (including phenoxy) is 1. The molecule has 28 heavy (non-hydrogen) atoms. The van der Waals surface area contributed by atoms with Crippen LogP contribution in [-0.2, 0) is 4.74 Å². The van der Waals surface area contributed by atoms with Crippen LogP contribution in [-0.4, -0.2) is 29.9 Å².